The Morgan fingerprint density at radius 3 is 2.62 bits per heavy atom. The van der Waals surface area contributed by atoms with Crippen molar-refractivity contribution in [3.63, 3.8) is 0 Å². The molecular weight excluding hydrogens is 184 g/mol. The summed E-state index contributed by atoms with van der Waals surface area (Å²) in [5.74, 6) is 0.376. The lowest BCUT2D eigenvalue weighted by Crippen LogP contribution is -2.17. The number of nitrogens with two attached hydrogens (primary N) is 1. The first-order valence-electron chi connectivity index (χ1n) is 4.40. The maximum atomic E-state index is 5.98. The molecule has 2 N–H and O–H groups in total. The Morgan fingerprint density at radius 2 is 2.08 bits per heavy atom. The Morgan fingerprint density at radius 1 is 1.46 bits per heavy atom. The van der Waals surface area contributed by atoms with Gasteiger partial charge in [0, 0.05) is 17.8 Å². The Balaban J connectivity index is 3.05. The number of aryl methyl sites for hydroxylation is 1. The summed E-state index contributed by atoms with van der Waals surface area (Å²) in [6.45, 7) is 6.13. The van der Waals surface area contributed by atoms with Crippen LogP contribution in [0.25, 0.3) is 0 Å². The molecule has 1 aromatic rings. The van der Waals surface area contributed by atoms with Gasteiger partial charge in [0.05, 0.1) is 0 Å². The highest BCUT2D eigenvalue weighted by atomic mass is 35.5. The molecular formula is C10H15ClN2. The monoisotopic (exact) mass is 198 g/mol. The minimum atomic E-state index is -0.0279. The Labute approximate surface area is 84.1 Å². The normalized spacial score (nSPS) is 13.4. The van der Waals surface area contributed by atoms with Crippen molar-refractivity contribution in [3.05, 3.63) is 28.5 Å². The Bertz CT molecular complexity index is 297. The highest BCUT2D eigenvalue weighted by Crippen LogP contribution is 2.25. The maximum Gasteiger partial charge on any atom is 0.133 e. The molecule has 2 nitrogen and oxygen atoms in total. The van der Waals surface area contributed by atoms with E-state index in [1.54, 1.807) is 6.20 Å². The molecule has 0 aliphatic heterocycles. The first kappa shape index (κ1) is 10.5. The quantitative estimate of drug-likeness (QED) is 0.743. The number of halogens is 1. The second kappa shape index (κ2) is 4.07. The van der Waals surface area contributed by atoms with E-state index in [2.05, 4.69) is 18.8 Å². The first-order valence-corrected chi connectivity index (χ1v) is 4.77. The van der Waals surface area contributed by atoms with E-state index in [9.17, 15) is 0 Å². The molecule has 1 unspecified atom stereocenters. The van der Waals surface area contributed by atoms with Gasteiger partial charge in [-0.2, -0.15) is 0 Å². The fraction of sp³-hybridized carbons (Fsp3) is 0.500. The Hall–Kier alpha value is -0.600. The molecule has 0 spiro atoms. The summed E-state index contributed by atoms with van der Waals surface area (Å²) in [7, 11) is 0. The molecule has 0 saturated heterocycles. The van der Waals surface area contributed by atoms with E-state index in [0.29, 0.717) is 11.1 Å². The average molecular weight is 199 g/mol. The van der Waals surface area contributed by atoms with Crippen LogP contribution in [0, 0.1) is 12.8 Å². The average Bonchev–Trinajstić information content (AvgIpc) is 2.08. The van der Waals surface area contributed by atoms with Crippen LogP contribution >= 0.6 is 11.6 Å². The van der Waals surface area contributed by atoms with Crippen LogP contribution in [0.1, 0.15) is 31.0 Å². The van der Waals surface area contributed by atoms with Gasteiger partial charge in [-0.25, -0.2) is 4.98 Å². The van der Waals surface area contributed by atoms with Crippen LogP contribution in [0.15, 0.2) is 12.3 Å². The van der Waals surface area contributed by atoms with Crippen LogP contribution in [0.2, 0.25) is 5.15 Å². The SMILES string of the molecule is Cc1cnc(Cl)c(C(N)C(C)C)c1. The van der Waals surface area contributed by atoms with Gasteiger partial charge >= 0.3 is 0 Å². The van der Waals surface area contributed by atoms with Crippen molar-refractivity contribution in [2.24, 2.45) is 11.7 Å². The maximum absolute atomic E-state index is 5.98. The molecule has 0 radical (unpaired) electrons. The van der Waals surface area contributed by atoms with Crippen LogP contribution in [0.4, 0.5) is 0 Å². The van der Waals surface area contributed by atoms with Crippen molar-refractivity contribution in [1.29, 1.82) is 0 Å². The number of pyridine rings is 1. The van der Waals surface area contributed by atoms with Crippen molar-refractivity contribution >= 4 is 11.6 Å². The van der Waals surface area contributed by atoms with Gasteiger partial charge in [0.25, 0.3) is 0 Å². The lowest BCUT2D eigenvalue weighted by atomic mass is 9.98. The van der Waals surface area contributed by atoms with E-state index in [-0.39, 0.29) is 6.04 Å². The van der Waals surface area contributed by atoms with E-state index in [1.165, 1.54) is 0 Å². The molecule has 0 aliphatic carbocycles. The largest absolute Gasteiger partial charge is 0.324 e. The fourth-order valence-corrected chi connectivity index (χ4v) is 1.40. The van der Waals surface area contributed by atoms with Gasteiger partial charge < -0.3 is 5.73 Å². The molecule has 1 atom stereocenters. The number of hydrogen-bond acceptors (Lipinski definition) is 2. The van der Waals surface area contributed by atoms with Gasteiger partial charge in [-0.1, -0.05) is 25.4 Å². The van der Waals surface area contributed by atoms with E-state index >= 15 is 0 Å². The van der Waals surface area contributed by atoms with Crippen LogP contribution in [-0.4, -0.2) is 4.98 Å². The van der Waals surface area contributed by atoms with Gasteiger partial charge in [-0.05, 0) is 24.5 Å². The minimum absolute atomic E-state index is 0.0279. The summed E-state index contributed by atoms with van der Waals surface area (Å²) >= 11 is 5.94. The van der Waals surface area contributed by atoms with Crippen molar-refractivity contribution in [2.45, 2.75) is 26.8 Å². The standard InChI is InChI=1S/C10H15ClN2/c1-6(2)9(12)8-4-7(3)5-13-10(8)11/h4-6,9H,12H2,1-3H3. The lowest BCUT2D eigenvalue weighted by Gasteiger charge is -2.17. The summed E-state index contributed by atoms with van der Waals surface area (Å²) < 4.78 is 0. The predicted octanol–water partition coefficient (Wildman–Crippen LogP) is 2.70. The molecule has 3 heteroatoms. The third-order valence-electron chi connectivity index (χ3n) is 2.08. The predicted molar refractivity (Wildman–Crippen MR) is 55.8 cm³/mol. The number of nitrogens with zero attached hydrogens (tertiary/aromatic N) is 1. The molecule has 72 valence electrons. The van der Waals surface area contributed by atoms with Gasteiger partial charge in [0.1, 0.15) is 5.15 Å². The van der Waals surface area contributed by atoms with Crippen LogP contribution < -0.4 is 5.73 Å². The van der Waals surface area contributed by atoms with E-state index in [0.717, 1.165) is 11.1 Å². The van der Waals surface area contributed by atoms with Crippen molar-refractivity contribution < 1.29 is 0 Å². The van der Waals surface area contributed by atoms with E-state index in [4.69, 9.17) is 17.3 Å². The highest BCUT2D eigenvalue weighted by Gasteiger charge is 2.14. The first-order chi connectivity index (χ1) is 6.02. The van der Waals surface area contributed by atoms with Gasteiger partial charge in [0.2, 0.25) is 0 Å². The zero-order chi connectivity index (χ0) is 10.0. The molecule has 0 bridgehead atoms. The second-order valence-electron chi connectivity index (χ2n) is 3.66. The molecule has 1 rings (SSSR count). The lowest BCUT2D eigenvalue weighted by molar-refractivity contribution is 0.513. The summed E-state index contributed by atoms with van der Waals surface area (Å²) in [4.78, 5) is 4.07. The summed E-state index contributed by atoms with van der Waals surface area (Å²) in [6.07, 6.45) is 1.75. The second-order valence-corrected chi connectivity index (χ2v) is 4.02. The summed E-state index contributed by atoms with van der Waals surface area (Å²) in [6, 6.07) is 1.97. The topological polar surface area (TPSA) is 38.9 Å². The van der Waals surface area contributed by atoms with Crippen molar-refractivity contribution in [3.8, 4) is 0 Å². The molecule has 0 amide bonds. The molecule has 0 aliphatic rings. The zero-order valence-corrected chi connectivity index (χ0v) is 8.97. The molecule has 13 heavy (non-hydrogen) atoms. The molecule has 1 heterocycles. The van der Waals surface area contributed by atoms with E-state index in [1.807, 2.05) is 13.0 Å². The zero-order valence-electron chi connectivity index (χ0n) is 8.21. The molecule has 1 aromatic heterocycles. The van der Waals surface area contributed by atoms with Crippen LogP contribution in [-0.2, 0) is 0 Å². The van der Waals surface area contributed by atoms with Crippen LogP contribution in [0.3, 0.4) is 0 Å². The third-order valence-corrected chi connectivity index (χ3v) is 2.40. The van der Waals surface area contributed by atoms with Crippen molar-refractivity contribution in [1.82, 2.24) is 4.98 Å². The molecule has 0 saturated carbocycles. The smallest absolute Gasteiger partial charge is 0.133 e. The van der Waals surface area contributed by atoms with Gasteiger partial charge in [0.15, 0.2) is 0 Å². The van der Waals surface area contributed by atoms with Crippen molar-refractivity contribution in [2.75, 3.05) is 0 Å². The summed E-state index contributed by atoms with van der Waals surface area (Å²) in [5.41, 5.74) is 8.02. The van der Waals surface area contributed by atoms with Crippen LogP contribution in [0.5, 0.6) is 0 Å². The minimum Gasteiger partial charge on any atom is -0.324 e. The fourth-order valence-electron chi connectivity index (χ4n) is 1.17. The number of rotatable bonds is 2. The third kappa shape index (κ3) is 2.42. The molecule has 0 fully saturated rings. The van der Waals surface area contributed by atoms with Gasteiger partial charge in [-0.3, -0.25) is 0 Å². The number of aromatic nitrogens is 1. The summed E-state index contributed by atoms with van der Waals surface area (Å²) in [5, 5.41) is 0.520. The van der Waals surface area contributed by atoms with E-state index < -0.39 is 0 Å². The highest BCUT2D eigenvalue weighted by molar-refractivity contribution is 6.30. The Kier molecular flexibility index (Phi) is 3.28. The van der Waals surface area contributed by atoms with Gasteiger partial charge in [-0.15, -0.1) is 0 Å². The molecule has 0 aromatic carbocycles. The number of hydrogen-bond donors (Lipinski definition) is 1.